The number of ether oxygens (including phenoxy) is 2. The van der Waals surface area contributed by atoms with E-state index in [9.17, 15) is 18.0 Å². The van der Waals surface area contributed by atoms with Crippen molar-refractivity contribution >= 4 is 29.2 Å². The highest BCUT2D eigenvalue weighted by Crippen LogP contribution is 2.47. The lowest BCUT2D eigenvalue weighted by atomic mass is 10.2. The maximum atomic E-state index is 13.5. The van der Waals surface area contributed by atoms with Crippen LogP contribution in [0, 0.1) is 0 Å². The normalized spacial score (nSPS) is 14.8. The van der Waals surface area contributed by atoms with E-state index in [4.69, 9.17) is 32.7 Å². The summed E-state index contributed by atoms with van der Waals surface area (Å²) in [7, 11) is 0. The molecule has 1 heterocycles. The summed E-state index contributed by atoms with van der Waals surface area (Å²) in [5.41, 5.74) is 0.707. The van der Waals surface area contributed by atoms with Crippen LogP contribution in [0.25, 0.3) is 0 Å². The summed E-state index contributed by atoms with van der Waals surface area (Å²) in [5.74, 6) is -3.97. The third kappa shape index (κ3) is 3.61. The predicted octanol–water partition coefficient (Wildman–Crippen LogP) is 4.48. The van der Waals surface area contributed by atoms with Crippen LogP contribution in [-0.4, -0.2) is 18.1 Å². The van der Waals surface area contributed by atoms with Gasteiger partial charge < -0.3 is 14.8 Å². The standard InChI is InChI=1S/C16H11Cl2F3N2O3/c17-10-6-12-13(7-11(10)18)26-16(25-12,15(19,20)21)23-14(24)22-8-9-4-2-1-3-5-9/h1-7H,8H2,(H2,22,23,24). The minimum atomic E-state index is -5.07. The first kappa shape index (κ1) is 18.5. The van der Waals surface area contributed by atoms with Crippen LogP contribution in [0.3, 0.4) is 0 Å². The molecule has 0 bridgehead atoms. The van der Waals surface area contributed by atoms with Crippen LogP contribution in [0.2, 0.25) is 10.0 Å². The average molecular weight is 407 g/mol. The van der Waals surface area contributed by atoms with Crippen LogP contribution < -0.4 is 20.1 Å². The monoisotopic (exact) mass is 406 g/mol. The molecule has 0 spiro atoms. The molecule has 138 valence electrons. The molecular weight excluding hydrogens is 396 g/mol. The molecular formula is C16H11Cl2F3N2O3. The zero-order valence-corrected chi connectivity index (χ0v) is 14.4. The summed E-state index contributed by atoms with van der Waals surface area (Å²) in [6.45, 7) is 0.0191. The lowest BCUT2D eigenvalue weighted by molar-refractivity contribution is -0.317. The second kappa shape index (κ2) is 6.77. The molecule has 2 N–H and O–H groups in total. The van der Waals surface area contributed by atoms with E-state index >= 15 is 0 Å². The number of nitrogens with one attached hydrogen (secondary N) is 2. The Morgan fingerprint density at radius 1 is 1.04 bits per heavy atom. The van der Waals surface area contributed by atoms with Crippen molar-refractivity contribution in [3.8, 4) is 11.5 Å². The van der Waals surface area contributed by atoms with E-state index in [1.165, 1.54) is 0 Å². The first-order chi connectivity index (χ1) is 12.2. The first-order valence-electron chi connectivity index (χ1n) is 7.24. The van der Waals surface area contributed by atoms with Crippen LogP contribution in [0.15, 0.2) is 42.5 Å². The van der Waals surface area contributed by atoms with Gasteiger partial charge in [0.25, 0.3) is 0 Å². The van der Waals surface area contributed by atoms with Crippen molar-refractivity contribution in [1.29, 1.82) is 0 Å². The summed E-state index contributed by atoms with van der Waals surface area (Å²) < 4.78 is 50.4. The molecule has 2 aromatic carbocycles. The smallest absolute Gasteiger partial charge is 0.424 e. The highest BCUT2D eigenvalue weighted by Gasteiger charge is 2.65. The molecule has 0 saturated heterocycles. The van der Waals surface area contributed by atoms with Crippen LogP contribution in [0.5, 0.6) is 11.5 Å². The highest BCUT2D eigenvalue weighted by atomic mass is 35.5. The molecule has 0 unspecified atom stereocenters. The van der Waals surface area contributed by atoms with E-state index in [0.29, 0.717) is 5.56 Å². The number of hydrogen-bond acceptors (Lipinski definition) is 3. The lowest BCUT2D eigenvalue weighted by Gasteiger charge is -2.29. The van der Waals surface area contributed by atoms with E-state index in [1.54, 1.807) is 35.6 Å². The summed E-state index contributed by atoms with van der Waals surface area (Å²) in [6.07, 6.45) is -5.07. The van der Waals surface area contributed by atoms with Crippen molar-refractivity contribution in [2.45, 2.75) is 18.6 Å². The molecule has 0 radical (unpaired) electrons. The molecule has 5 nitrogen and oxygen atoms in total. The highest BCUT2D eigenvalue weighted by molar-refractivity contribution is 6.42. The SMILES string of the molecule is O=C(NCc1ccccc1)NC1(C(F)(F)F)Oc2cc(Cl)c(Cl)cc2O1. The molecule has 2 amide bonds. The topological polar surface area (TPSA) is 59.6 Å². The Hall–Kier alpha value is -2.32. The van der Waals surface area contributed by atoms with Crippen molar-refractivity contribution in [3.63, 3.8) is 0 Å². The van der Waals surface area contributed by atoms with Crippen molar-refractivity contribution in [1.82, 2.24) is 10.6 Å². The van der Waals surface area contributed by atoms with E-state index in [1.807, 2.05) is 0 Å². The Morgan fingerprint density at radius 3 is 2.08 bits per heavy atom. The van der Waals surface area contributed by atoms with E-state index in [2.05, 4.69) is 5.32 Å². The van der Waals surface area contributed by atoms with Crippen molar-refractivity contribution < 1.29 is 27.4 Å². The van der Waals surface area contributed by atoms with Gasteiger partial charge in [0, 0.05) is 18.7 Å². The van der Waals surface area contributed by atoms with Gasteiger partial charge in [-0.1, -0.05) is 53.5 Å². The molecule has 10 heteroatoms. The van der Waals surface area contributed by atoms with Gasteiger partial charge in [0.1, 0.15) is 0 Å². The van der Waals surface area contributed by atoms with Gasteiger partial charge >= 0.3 is 18.1 Å². The van der Waals surface area contributed by atoms with Crippen molar-refractivity contribution in [3.05, 3.63) is 58.1 Å². The second-order valence-electron chi connectivity index (χ2n) is 5.32. The average Bonchev–Trinajstić information content (AvgIpc) is 2.92. The lowest BCUT2D eigenvalue weighted by Crippen LogP contribution is -2.66. The fourth-order valence-electron chi connectivity index (χ4n) is 2.21. The van der Waals surface area contributed by atoms with Gasteiger partial charge in [0.05, 0.1) is 10.0 Å². The molecule has 1 aliphatic heterocycles. The molecule has 0 atom stereocenters. The van der Waals surface area contributed by atoms with Gasteiger partial charge in [-0.15, -0.1) is 0 Å². The van der Waals surface area contributed by atoms with E-state index < -0.39 is 18.1 Å². The van der Waals surface area contributed by atoms with Crippen molar-refractivity contribution in [2.24, 2.45) is 0 Å². The number of carbonyl (C=O) groups excluding carboxylic acids is 1. The zero-order valence-electron chi connectivity index (χ0n) is 12.9. The van der Waals surface area contributed by atoms with Gasteiger partial charge in [-0.3, -0.25) is 5.32 Å². The van der Waals surface area contributed by atoms with Crippen LogP contribution >= 0.6 is 23.2 Å². The minimum absolute atomic E-state index is 0.0134. The van der Waals surface area contributed by atoms with Gasteiger partial charge in [-0.25, -0.2) is 4.79 Å². The first-order valence-corrected chi connectivity index (χ1v) is 7.99. The van der Waals surface area contributed by atoms with Gasteiger partial charge in [0.2, 0.25) is 0 Å². The Labute approximate surface area is 156 Å². The maximum Gasteiger partial charge on any atom is 0.492 e. The number of fused-ring (bicyclic) bond motifs is 1. The summed E-state index contributed by atoms with van der Waals surface area (Å²) in [6, 6.07) is 9.70. The number of carbonyl (C=O) groups is 1. The van der Waals surface area contributed by atoms with Gasteiger partial charge in [-0.05, 0) is 5.56 Å². The Bertz CT molecular complexity index is 800. The maximum absolute atomic E-state index is 13.5. The minimum Gasteiger partial charge on any atom is -0.424 e. The quantitative estimate of drug-likeness (QED) is 0.789. The number of amides is 2. The fourth-order valence-corrected chi connectivity index (χ4v) is 2.52. The van der Waals surface area contributed by atoms with E-state index in [-0.39, 0.29) is 28.1 Å². The summed E-state index contributed by atoms with van der Waals surface area (Å²) in [4.78, 5) is 12.0. The predicted molar refractivity (Wildman–Crippen MR) is 88.3 cm³/mol. The molecule has 0 aromatic heterocycles. The third-order valence-electron chi connectivity index (χ3n) is 3.44. The summed E-state index contributed by atoms with van der Waals surface area (Å²) in [5, 5.41) is 3.97. The molecule has 0 saturated carbocycles. The molecule has 26 heavy (non-hydrogen) atoms. The Balaban J connectivity index is 1.76. The van der Waals surface area contributed by atoms with Gasteiger partial charge in [0.15, 0.2) is 11.5 Å². The third-order valence-corrected chi connectivity index (χ3v) is 4.16. The van der Waals surface area contributed by atoms with E-state index in [0.717, 1.165) is 12.1 Å². The zero-order chi connectivity index (χ0) is 18.9. The number of benzene rings is 2. The molecule has 2 aromatic rings. The molecule has 3 rings (SSSR count). The summed E-state index contributed by atoms with van der Waals surface area (Å²) >= 11 is 11.5. The number of alkyl halides is 3. The second-order valence-corrected chi connectivity index (χ2v) is 6.14. The number of urea groups is 1. The largest absolute Gasteiger partial charge is 0.492 e. The Kier molecular flexibility index (Phi) is 4.81. The molecule has 1 aliphatic rings. The van der Waals surface area contributed by atoms with Gasteiger partial charge in [-0.2, -0.15) is 13.2 Å². The fraction of sp³-hybridized carbons (Fsp3) is 0.188. The Morgan fingerprint density at radius 2 is 1.58 bits per heavy atom. The van der Waals surface area contributed by atoms with Crippen LogP contribution in [0.1, 0.15) is 5.56 Å². The van der Waals surface area contributed by atoms with Crippen LogP contribution in [0.4, 0.5) is 18.0 Å². The van der Waals surface area contributed by atoms with Crippen LogP contribution in [-0.2, 0) is 6.54 Å². The number of rotatable bonds is 3. The number of halogens is 5. The molecule has 0 aliphatic carbocycles. The van der Waals surface area contributed by atoms with Crippen molar-refractivity contribution in [2.75, 3.05) is 0 Å². The number of hydrogen-bond donors (Lipinski definition) is 2. The molecule has 0 fully saturated rings.